The molecule has 0 unspecified atom stereocenters. The maximum absolute atomic E-state index is 11.0. The van der Waals surface area contributed by atoms with E-state index in [0.29, 0.717) is 6.54 Å². The second-order valence-electron chi connectivity index (χ2n) is 3.38. The summed E-state index contributed by atoms with van der Waals surface area (Å²) in [6, 6.07) is 10.2. The van der Waals surface area contributed by atoms with Gasteiger partial charge in [-0.3, -0.25) is 0 Å². The maximum Gasteiger partial charge on any atom is 0.314 e. The first kappa shape index (κ1) is 11.6. The van der Waals surface area contributed by atoms with E-state index in [1.807, 2.05) is 25.1 Å². The highest BCUT2D eigenvalue weighted by Gasteiger charge is 1.96. The molecule has 0 bridgehead atoms. The first-order chi connectivity index (χ1) is 7.33. The minimum atomic E-state index is -0.0782. The van der Waals surface area contributed by atoms with E-state index in [4.69, 9.17) is 0 Å². The van der Waals surface area contributed by atoms with Gasteiger partial charge in [0.25, 0.3) is 0 Å². The Morgan fingerprint density at radius 3 is 2.60 bits per heavy atom. The Hall–Kier alpha value is -1.51. The van der Waals surface area contributed by atoms with Gasteiger partial charge in [-0.1, -0.05) is 30.3 Å². The number of amides is 2. The zero-order valence-electron chi connectivity index (χ0n) is 9.12. The lowest BCUT2D eigenvalue weighted by Gasteiger charge is -2.05. The Bertz CT molecular complexity index is 285. The average molecular weight is 206 g/mol. The number of nitrogens with one attached hydrogen (secondary N) is 2. The standard InChI is InChI=1S/C12H18N2O/c1-2-13-12(15)14-10-6-9-11-7-4-3-5-8-11/h3-5,7-8H,2,6,9-10H2,1H3,(H2,13,14,15). The van der Waals surface area contributed by atoms with Gasteiger partial charge in [0.1, 0.15) is 0 Å². The largest absolute Gasteiger partial charge is 0.338 e. The molecule has 82 valence electrons. The summed E-state index contributed by atoms with van der Waals surface area (Å²) in [7, 11) is 0. The molecule has 0 aromatic heterocycles. The van der Waals surface area contributed by atoms with E-state index in [9.17, 15) is 4.79 Å². The summed E-state index contributed by atoms with van der Waals surface area (Å²) in [5, 5.41) is 5.50. The summed E-state index contributed by atoms with van der Waals surface area (Å²) in [4.78, 5) is 11.0. The molecule has 3 heteroatoms. The molecule has 3 nitrogen and oxygen atoms in total. The van der Waals surface area contributed by atoms with Gasteiger partial charge in [-0.05, 0) is 25.3 Å². The number of carbonyl (C=O) groups excluding carboxylic acids is 1. The van der Waals surface area contributed by atoms with Crippen LogP contribution in [0.3, 0.4) is 0 Å². The summed E-state index contributed by atoms with van der Waals surface area (Å²) in [6.07, 6.45) is 1.98. The summed E-state index contributed by atoms with van der Waals surface area (Å²) in [5.74, 6) is 0. The molecular weight excluding hydrogens is 188 g/mol. The smallest absolute Gasteiger partial charge is 0.314 e. The van der Waals surface area contributed by atoms with Crippen molar-refractivity contribution >= 4 is 6.03 Å². The Kier molecular flexibility index (Phi) is 5.30. The molecular formula is C12H18N2O. The Labute approximate surface area is 90.9 Å². The van der Waals surface area contributed by atoms with Crippen molar-refractivity contribution in [1.82, 2.24) is 10.6 Å². The topological polar surface area (TPSA) is 41.1 Å². The highest BCUT2D eigenvalue weighted by Crippen LogP contribution is 2.01. The SMILES string of the molecule is CCNC(=O)NCCCc1ccccc1. The lowest BCUT2D eigenvalue weighted by Crippen LogP contribution is -2.35. The van der Waals surface area contributed by atoms with Crippen molar-refractivity contribution in [2.75, 3.05) is 13.1 Å². The summed E-state index contributed by atoms with van der Waals surface area (Å²) < 4.78 is 0. The van der Waals surface area contributed by atoms with Gasteiger partial charge in [-0.15, -0.1) is 0 Å². The minimum absolute atomic E-state index is 0.0782. The summed E-state index contributed by atoms with van der Waals surface area (Å²) >= 11 is 0. The van der Waals surface area contributed by atoms with Crippen LogP contribution in [-0.4, -0.2) is 19.1 Å². The number of carbonyl (C=O) groups is 1. The normalized spacial score (nSPS) is 9.67. The molecule has 0 spiro atoms. The molecule has 0 aliphatic carbocycles. The zero-order chi connectivity index (χ0) is 10.9. The average Bonchev–Trinajstić information content (AvgIpc) is 2.26. The lowest BCUT2D eigenvalue weighted by atomic mass is 10.1. The molecule has 0 atom stereocenters. The molecule has 1 rings (SSSR count). The van der Waals surface area contributed by atoms with Crippen LogP contribution in [0.4, 0.5) is 4.79 Å². The molecule has 0 aliphatic rings. The lowest BCUT2D eigenvalue weighted by molar-refractivity contribution is 0.241. The third-order valence-electron chi connectivity index (χ3n) is 2.11. The van der Waals surface area contributed by atoms with Gasteiger partial charge in [-0.25, -0.2) is 4.79 Å². The highest BCUT2D eigenvalue weighted by molar-refractivity contribution is 5.73. The van der Waals surface area contributed by atoms with Crippen molar-refractivity contribution in [3.8, 4) is 0 Å². The van der Waals surface area contributed by atoms with Crippen LogP contribution >= 0.6 is 0 Å². The van der Waals surface area contributed by atoms with Crippen molar-refractivity contribution < 1.29 is 4.79 Å². The second-order valence-corrected chi connectivity index (χ2v) is 3.38. The van der Waals surface area contributed by atoms with E-state index in [2.05, 4.69) is 22.8 Å². The molecule has 0 heterocycles. The molecule has 1 aromatic carbocycles. The van der Waals surface area contributed by atoms with Crippen molar-refractivity contribution in [3.63, 3.8) is 0 Å². The van der Waals surface area contributed by atoms with Gasteiger partial charge in [0, 0.05) is 13.1 Å². The van der Waals surface area contributed by atoms with Crippen LogP contribution in [0.5, 0.6) is 0 Å². The Morgan fingerprint density at radius 2 is 1.93 bits per heavy atom. The molecule has 1 aromatic rings. The molecule has 2 N–H and O–H groups in total. The summed E-state index contributed by atoms with van der Waals surface area (Å²) in [5.41, 5.74) is 1.31. The number of hydrogen-bond donors (Lipinski definition) is 2. The van der Waals surface area contributed by atoms with Crippen LogP contribution in [0.1, 0.15) is 18.9 Å². The van der Waals surface area contributed by atoms with Crippen molar-refractivity contribution in [1.29, 1.82) is 0 Å². The van der Waals surface area contributed by atoms with Gasteiger partial charge in [-0.2, -0.15) is 0 Å². The Morgan fingerprint density at radius 1 is 1.20 bits per heavy atom. The quantitative estimate of drug-likeness (QED) is 0.710. The van der Waals surface area contributed by atoms with E-state index < -0.39 is 0 Å². The maximum atomic E-state index is 11.0. The van der Waals surface area contributed by atoms with E-state index >= 15 is 0 Å². The van der Waals surface area contributed by atoms with Gasteiger partial charge >= 0.3 is 6.03 Å². The van der Waals surface area contributed by atoms with E-state index in [0.717, 1.165) is 19.4 Å². The molecule has 0 saturated heterocycles. The van der Waals surface area contributed by atoms with E-state index in [-0.39, 0.29) is 6.03 Å². The molecule has 0 aliphatic heterocycles. The number of urea groups is 1. The van der Waals surface area contributed by atoms with E-state index in [1.54, 1.807) is 0 Å². The van der Waals surface area contributed by atoms with Crippen LogP contribution < -0.4 is 10.6 Å². The van der Waals surface area contributed by atoms with Gasteiger partial charge < -0.3 is 10.6 Å². The van der Waals surface area contributed by atoms with Crippen molar-refractivity contribution in [2.24, 2.45) is 0 Å². The molecule has 0 fully saturated rings. The molecule has 0 radical (unpaired) electrons. The number of aryl methyl sites for hydroxylation is 1. The van der Waals surface area contributed by atoms with Crippen LogP contribution in [0.2, 0.25) is 0 Å². The van der Waals surface area contributed by atoms with Gasteiger partial charge in [0.2, 0.25) is 0 Å². The Balaban J connectivity index is 2.10. The molecule has 15 heavy (non-hydrogen) atoms. The van der Waals surface area contributed by atoms with Crippen molar-refractivity contribution in [2.45, 2.75) is 19.8 Å². The first-order valence-corrected chi connectivity index (χ1v) is 5.38. The summed E-state index contributed by atoms with van der Waals surface area (Å²) in [6.45, 7) is 3.30. The number of hydrogen-bond acceptors (Lipinski definition) is 1. The van der Waals surface area contributed by atoms with Crippen LogP contribution in [0, 0.1) is 0 Å². The van der Waals surface area contributed by atoms with Crippen molar-refractivity contribution in [3.05, 3.63) is 35.9 Å². The fourth-order valence-corrected chi connectivity index (χ4v) is 1.36. The van der Waals surface area contributed by atoms with E-state index in [1.165, 1.54) is 5.56 Å². The predicted octanol–water partition coefficient (Wildman–Crippen LogP) is 1.94. The minimum Gasteiger partial charge on any atom is -0.338 e. The monoisotopic (exact) mass is 206 g/mol. The van der Waals surface area contributed by atoms with Gasteiger partial charge in [0.15, 0.2) is 0 Å². The van der Waals surface area contributed by atoms with Crippen LogP contribution in [0.25, 0.3) is 0 Å². The van der Waals surface area contributed by atoms with Gasteiger partial charge in [0.05, 0.1) is 0 Å². The second kappa shape index (κ2) is 6.87. The first-order valence-electron chi connectivity index (χ1n) is 5.38. The number of benzene rings is 1. The third-order valence-corrected chi connectivity index (χ3v) is 2.11. The number of rotatable bonds is 5. The fraction of sp³-hybridized carbons (Fsp3) is 0.417. The van der Waals surface area contributed by atoms with Crippen LogP contribution in [0.15, 0.2) is 30.3 Å². The fourth-order valence-electron chi connectivity index (χ4n) is 1.36. The zero-order valence-corrected chi connectivity index (χ0v) is 9.12. The third kappa shape index (κ3) is 5.05. The predicted molar refractivity (Wildman–Crippen MR) is 61.8 cm³/mol. The molecule has 0 saturated carbocycles. The van der Waals surface area contributed by atoms with Crippen LogP contribution in [-0.2, 0) is 6.42 Å². The molecule has 2 amide bonds. The highest BCUT2D eigenvalue weighted by atomic mass is 16.2.